The second-order valence-corrected chi connectivity index (χ2v) is 5.83. The van der Waals surface area contributed by atoms with Crippen LogP contribution in [-0.2, 0) is 19.5 Å². The number of halogens is 3. The van der Waals surface area contributed by atoms with Crippen molar-refractivity contribution in [2.24, 2.45) is 0 Å². The van der Waals surface area contributed by atoms with Gasteiger partial charge in [-0.3, -0.25) is 4.90 Å². The molecule has 0 saturated heterocycles. The van der Waals surface area contributed by atoms with E-state index in [9.17, 15) is 8.78 Å². The average molecular weight is 339 g/mol. The monoisotopic (exact) mass is 338 g/mol. The van der Waals surface area contributed by atoms with Crippen LogP contribution in [0.15, 0.2) is 30.3 Å². The summed E-state index contributed by atoms with van der Waals surface area (Å²) in [5.41, 5.74) is 2.89. The van der Waals surface area contributed by atoms with Crippen molar-refractivity contribution in [3.63, 3.8) is 0 Å². The first-order valence-electron chi connectivity index (χ1n) is 7.45. The van der Waals surface area contributed by atoms with Crippen molar-refractivity contribution < 1.29 is 8.78 Å². The van der Waals surface area contributed by atoms with Crippen LogP contribution in [-0.4, -0.2) is 34.4 Å². The van der Waals surface area contributed by atoms with Gasteiger partial charge in [-0.05, 0) is 5.56 Å². The number of nitrogens with zero attached hydrogens (tertiary/aromatic N) is 3. The standard InChI is InChI=1S/C16H17ClF2N4/c17-15-16(20-8-14(18)19)22-12-6-7-23(10-13(12)21-15)9-11-4-2-1-3-5-11/h1-5,14H,6-10H2,(H,20,22). The maximum Gasteiger partial charge on any atom is 0.255 e. The van der Waals surface area contributed by atoms with Crippen molar-refractivity contribution in [2.75, 3.05) is 18.4 Å². The Kier molecular flexibility index (Phi) is 5.03. The van der Waals surface area contributed by atoms with Crippen molar-refractivity contribution in [3.8, 4) is 0 Å². The van der Waals surface area contributed by atoms with Crippen molar-refractivity contribution in [3.05, 3.63) is 52.4 Å². The molecule has 0 fully saturated rings. The van der Waals surface area contributed by atoms with Crippen LogP contribution in [0.3, 0.4) is 0 Å². The van der Waals surface area contributed by atoms with Gasteiger partial charge in [0.1, 0.15) is 0 Å². The zero-order valence-electron chi connectivity index (χ0n) is 12.5. The minimum absolute atomic E-state index is 0.144. The fourth-order valence-corrected chi connectivity index (χ4v) is 2.84. The highest BCUT2D eigenvalue weighted by Gasteiger charge is 2.21. The highest BCUT2D eigenvalue weighted by atomic mass is 35.5. The number of nitrogens with one attached hydrogen (secondary N) is 1. The normalized spacial score (nSPS) is 14.8. The van der Waals surface area contributed by atoms with E-state index in [-0.39, 0.29) is 11.0 Å². The summed E-state index contributed by atoms with van der Waals surface area (Å²) < 4.78 is 24.6. The maximum absolute atomic E-state index is 12.3. The Labute approximate surface area is 138 Å². The molecule has 0 unspecified atom stereocenters. The van der Waals surface area contributed by atoms with Gasteiger partial charge >= 0.3 is 0 Å². The lowest BCUT2D eigenvalue weighted by molar-refractivity contribution is 0.163. The van der Waals surface area contributed by atoms with Gasteiger partial charge in [0, 0.05) is 26.1 Å². The number of fused-ring (bicyclic) bond motifs is 1. The van der Waals surface area contributed by atoms with Crippen LogP contribution in [0.1, 0.15) is 17.0 Å². The van der Waals surface area contributed by atoms with E-state index >= 15 is 0 Å². The Morgan fingerprint density at radius 2 is 1.96 bits per heavy atom. The molecule has 2 heterocycles. The molecule has 0 amide bonds. The molecule has 1 aromatic heterocycles. The first kappa shape index (κ1) is 16.1. The van der Waals surface area contributed by atoms with Gasteiger partial charge in [-0.2, -0.15) is 0 Å². The third-order valence-electron chi connectivity index (χ3n) is 3.72. The first-order chi connectivity index (χ1) is 11.1. The van der Waals surface area contributed by atoms with Crippen LogP contribution in [0.4, 0.5) is 14.6 Å². The van der Waals surface area contributed by atoms with Gasteiger partial charge in [0.2, 0.25) is 0 Å². The van der Waals surface area contributed by atoms with E-state index in [2.05, 4.69) is 32.3 Å². The largest absolute Gasteiger partial charge is 0.362 e. The second kappa shape index (κ2) is 7.19. The van der Waals surface area contributed by atoms with E-state index in [4.69, 9.17) is 11.6 Å². The zero-order chi connectivity index (χ0) is 16.2. The van der Waals surface area contributed by atoms with E-state index in [1.807, 2.05) is 18.2 Å². The first-order valence-corrected chi connectivity index (χ1v) is 7.83. The fourth-order valence-electron chi connectivity index (χ4n) is 2.63. The molecular weight excluding hydrogens is 322 g/mol. The number of rotatable bonds is 5. The lowest BCUT2D eigenvalue weighted by atomic mass is 10.1. The van der Waals surface area contributed by atoms with Crippen molar-refractivity contribution >= 4 is 17.4 Å². The number of hydrogen-bond acceptors (Lipinski definition) is 4. The van der Waals surface area contributed by atoms with Gasteiger partial charge in [0.05, 0.1) is 17.9 Å². The minimum atomic E-state index is -2.45. The Hall–Kier alpha value is -1.79. The molecule has 122 valence electrons. The zero-order valence-corrected chi connectivity index (χ0v) is 13.2. The van der Waals surface area contributed by atoms with Crippen LogP contribution in [0.2, 0.25) is 5.15 Å². The van der Waals surface area contributed by atoms with Gasteiger partial charge in [0.25, 0.3) is 6.43 Å². The Bertz CT molecular complexity index is 667. The molecule has 1 aliphatic heterocycles. The molecular formula is C16H17ClF2N4. The number of anilines is 1. The number of alkyl halides is 2. The molecule has 0 bridgehead atoms. The van der Waals surface area contributed by atoms with Gasteiger partial charge in [0.15, 0.2) is 11.0 Å². The highest BCUT2D eigenvalue weighted by Crippen LogP contribution is 2.24. The molecule has 23 heavy (non-hydrogen) atoms. The molecule has 3 rings (SSSR count). The summed E-state index contributed by atoms with van der Waals surface area (Å²) >= 11 is 6.05. The van der Waals surface area contributed by atoms with E-state index in [1.54, 1.807) is 0 Å². The molecule has 1 aliphatic rings. The summed E-state index contributed by atoms with van der Waals surface area (Å²) in [4.78, 5) is 11.0. The quantitative estimate of drug-likeness (QED) is 0.907. The molecule has 1 N–H and O–H groups in total. The predicted octanol–water partition coefficient (Wildman–Crippen LogP) is 3.37. The topological polar surface area (TPSA) is 41.1 Å². The van der Waals surface area contributed by atoms with Crippen LogP contribution in [0.25, 0.3) is 0 Å². The molecule has 0 spiro atoms. The van der Waals surface area contributed by atoms with Crippen molar-refractivity contribution in [1.82, 2.24) is 14.9 Å². The van der Waals surface area contributed by atoms with Crippen molar-refractivity contribution in [1.29, 1.82) is 0 Å². The van der Waals surface area contributed by atoms with Gasteiger partial charge < -0.3 is 5.32 Å². The molecule has 0 atom stereocenters. The number of benzene rings is 1. The van der Waals surface area contributed by atoms with Crippen LogP contribution in [0.5, 0.6) is 0 Å². The minimum Gasteiger partial charge on any atom is -0.362 e. The molecule has 0 saturated carbocycles. The predicted molar refractivity (Wildman–Crippen MR) is 85.8 cm³/mol. The second-order valence-electron chi connectivity index (χ2n) is 5.47. The number of hydrogen-bond donors (Lipinski definition) is 1. The van der Waals surface area contributed by atoms with Gasteiger partial charge in [-0.1, -0.05) is 41.9 Å². The molecule has 7 heteroatoms. The lowest BCUT2D eigenvalue weighted by Gasteiger charge is -2.28. The van der Waals surface area contributed by atoms with E-state index in [0.717, 1.165) is 30.9 Å². The SMILES string of the molecule is FC(F)CNc1nc2c(nc1Cl)CN(Cc1ccccc1)CC2. The van der Waals surface area contributed by atoms with Crippen LogP contribution in [0, 0.1) is 0 Å². The van der Waals surface area contributed by atoms with Crippen LogP contribution < -0.4 is 5.32 Å². The summed E-state index contributed by atoms with van der Waals surface area (Å²) in [5.74, 6) is 0.238. The van der Waals surface area contributed by atoms with E-state index in [1.165, 1.54) is 5.56 Å². The average Bonchev–Trinajstić information content (AvgIpc) is 2.54. The van der Waals surface area contributed by atoms with Gasteiger partial charge in [-0.15, -0.1) is 0 Å². The third kappa shape index (κ3) is 4.14. The van der Waals surface area contributed by atoms with Crippen LogP contribution >= 0.6 is 11.6 Å². The maximum atomic E-state index is 12.3. The summed E-state index contributed by atoms with van der Waals surface area (Å²) in [6, 6.07) is 10.2. The highest BCUT2D eigenvalue weighted by molar-refractivity contribution is 6.31. The molecule has 1 aromatic carbocycles. The van der Waals surface area contributed by atoms with Gasteiger partial charge in [-0.25, -0.2) is 18.7 Å². The fraction of sp³-hybridized carbons (Fsp3) is 0.375. The van der Waals surface area contributed by atoms with E-state index in [0.29, 0.717) is 6.54 Å². The van der Waals surface area contributed by atoms with Crippen molar-refractivity contribution in [2.45, 2.75) is 25.9 Å². The Morgan fingerprint density at radius 1 is 1.17 bits per heavy atom. The number of aromatic nitrogens is 2. The summed E-state index contributed by atoms with van der Waals surface area (Å²) in [7, 11) is 0. The summed E-state index contributed by atoms with van der Waals surface area (Å²) in [6.45, 7) is 1.87. The summed E-state index contributed by atoms with van der Waals surface area (Å²) in [5, 5.41) is 2.69. The molecule has 2 aromatic rings. The smallest absolute Gasteiger partial charge is 0.255 e. The third-order valence-corrected chi connectivity index (χ3v) is 3.98. The molecule has 4 nitrogen and oxygen atoms in total. The Balaban J connectivity index is 1.70. The Morgan fingerprint density at radius 3 is 2.70 bits per heavy atom. The summed E-state index contributed by atoms with van der Waals surface area (Å²) in [6.07, 6.45) is -1.72. The van der Waals surface area contributed by atoms with E-state index < -0.39 is 13.0 Å². The lowest BCUT2D eigenvalue weighted by Crippen LogP contribution is -2.31. The molecule has 0 radical (unpaired) electrons. The molecule has 0 aliphatic carbocycles.